The van der Waals surface area contributed by atoms with Crippen molar-refractivity contribution >= 4 is 56.6 Å². The van der Waals surface area contributed by atoms with E-state index in [1.807, 2.05) is 24.3 Å². The SMILES string of the molecule is Nc1cc(Br)ccc1CSc1cc(Cl)ccc1Cl. The molecule has 1 nitrogen and oxygen atoms in total. The van der Waals surface area contributed by atoms with E-state index < -0.39 is 0 Å². The van der Waals surface area contributed by atoms with Crippen molar-refractivity contribution in [2.24, 2.45) is 0 Å². The van der Waals surface area contributed by atoms with E-state index >= 15 is 0 Å². The molecule has 0 radical (unpaired) electrons. The molecule has 0 saturated carbocycles. The zero-order valence-electron chi connectivity index (χ0n) is 9.29. The minimum atomic E-state index is 0.686. The van der Waals surface area contributed by atoms with Crippen molar-refractivity contribution in [3.8, 4) is 0 Å². The van der Waals surface area contributed by atoms with Gasteiger partial charge in [-0.15, -0.1) is 11.8 Å². The van der Waals surface area contributed by atoms with Gasteiger partial charge in [0, 0.05) is 25.8 Å². The van der Waals surface area contributed by atoms with Gasteiger partial charge in [0.2, 0.25) is 0 Å². The maximum atomic E-state index is 6.11. The molecule has 0 aromatic heterocycles. The van der Waals surface area contributed by atoms with E-state index in [2.05, 4.69) is 15.9 Å². The van der Waals surface area contributed by atoms with Crippen molar-refractivity contribution in [1.29, 1.82) is 0 Å². The number of nitrogens with two attached hydrogens (primary N) is 1. The highest BCUT2D eigenvalue weighted by Gasteiger charge is 2.05. The second-order valence-corrected chi connectivity index (χ2v) is 6.48. The Morgan fingerprint density at radius 3 is 2.61 bits per heavy atom. The van der Waals surface area contributed by atoms with Gasteiger partial charge in [0.15, 0.2) is 0 Å². The summed E-state index contributed by atoms with van der Waals surface area (Å²) in [5.74, 6) is 0.763. The largest absolute Gasteiger partial charge is 0.398 e. The van der Waals surface area contributed by atoms with E-state index in [1.165, 1.54) is 0 Å². The van der Waals surface area contributed by atoms with E-state index in [4.69, 9.17) is 28.9 Å². The van der Waals surface area contributed by atoms with Crippen LogP contribution in [0.3, 0.4) is 0 Å². The molecule has 94 valence electrons. The molecule has 2 aromatic carbocycles. The molecule has 2 aromatic rings. The molecule has 0 aliphatic carbocycles. The molecule has 2 N–H and O–H groups in total. The number of hydrogen-bond donors (Lipinski definition) is 1. The molecule has 2 rings (SSSR count). The van der Waals surface area contributed by atoms with Crippen molar-refractivity contribution in [3.63, 3.8) is 0 Å². The minimum Gasteiger partial charge on any atom is -0.398 e. The summed E-state index contributed by atoms with van der Waals surface area (Å²) in [6.07, 6.45) is 0. The van der Waals surface area contributed by atoms with Gasteiger partial charge in [0.1, 0.15) is 0 Å². The molecule has 0 bridgehead atoms. The van der Waals surface area contributed by atoms with Gasteiger partial charge in [-0.2, -0.15) is 0 Å². The number of benzene rings is 2. The number of nitrogen functional groups attached to an aromatic ring is 1. The molecule has 0 unspecified atom stereocenters. The Labute approximate surface area is 129 Å². The average molecular weight is 363 g/mol. The molecule has 0 atom stereocenters. The topological polar surface area (TPSA) is 26.0 Å². The van der Waals surface area contributed by atoms with Crippen LogP contribution in [-0.2, 0) is 5.75 Å². The van der Waals surface area contributed by atoms with Crippen LogP contribution in [0.4, 0.5) is 5.69 Å². The van der Waals surface area contributed by atoms with E-state index in [-0.39, 0.29) is 0 Å². The highest BCUT2D eigenvalue weighted by Crippen LogP contribution is 2.33. The quantitative estimate of drug-likeness (QED) is 0.565. The monoisotopic (exact) mass is 361 g/mol. The predicted octanol–water partition coefficient (Wildman–Crippen LogP) is 5.63. The Balaban J connectivity index is 2.13. The molecule has 0 aliphatic heterocycles. The van der Waals surface area contributed by atoms with E-state index in [0.717, 1.165) is 26.4 Å². The number of halogens is 3. The first kappa shape index (κ1) is 14.1. The van der Waals surface area contributed by atoms with Crippen molar-refractivity contribution in [2.75, 3.05) is 5.73 Å². The number of anilines is 1. The fraction of sp³-hybridized carbons (Fsp3) is 0.0769. The lowest BCUT2D eigenvalue weighted by molar-refractivity contribution is 1.38. The Morgan fingerprint density at radius 2 is 1.89 bits per heavy atom. The number of hydrogen-bond acceptors (Lipinski definition) is 2. The summed E-state index contributed by atoms with van der Waals surface area (Å²) in [6, 6.07) is 11.3. The van der Waals surface area contributed by atoms with Crippen LogP contribution in [0.2, 0.25) is 10.0 Å². The lowest BCUT2D eigenvalue weighted by atomic mass is 10.2. The second kappa shape index (κ2) is 6.20. The summed E-state index contributed by atoms with van der Waals surface area (Å²) in [5, 5.41) is 1.39. The van der Waals surface area contributed by atoms with E-state index in [1.54, 1.807) is 23.9 Å². The highest BCUT2D eigenvalue weighted by molar-refractivity contribution is 9.10. The maximum absolute atomic E-state index is 6.11. The van der Waals surface area contributed by atoms with Crippen LogP contribution in [0.25, 0.3) is 0 Å². The third kappa shape index (κ3) is 3.58. The van der Waals surface area contributed by atoms with Gasteiger partial charge in [-0.1, -0.05) is 45.2 Å². The van der Waals surface area contributed by atoms with Crippen LogP contribution < -0.4 is 5.73 Å². The summed E-state index contributed by atoms with van der Waals surface area (Å²) in [4.78, 5) is 0.964. The van der Waals surface area contributed by atoms with Crippen molar-refractivity contribution in [1.82, 2.24) is 0 Å². The van der Waals surface area contributed by atoms with Crippen molar-refractivity contribution in [3.05, 3.63) is 56.5 Å². The maximum Gasteiger partial charge on any atom is 0.0543 e. The molecular formula is C13H10BrCl2NS. The lowest BCUT2D eigenvalue weighted by Gasteiger charge is -2.07. The third-order valence-corrected chi connectivity index (χ3v) is 4.66. The van der Waals surface area contributed by atoms with Gasteiger partial charge >= 0.3 is 0 Å². The Hall–Kier alpha value is -0.350. The van der Waals surface area contributed by atoms with Crippen molar-refractivity contribution in [2.45, 2.75) is 10.6 Å². The van der Waals surface area contributed by atoms with Gasteiger partial charge in [0.25, 0.3) is 0 Å². The van der Waals surface area contributed by atoms with Crippen LogP contribution in [0, 0.1) is 0 Å². The molecule has 0 aliphatic rings. The standard InChI is InChI=1S/C13H10BrCl2NS/c14-9-2-1-8(12(17)5-9)7-18-13-6-10(15)3-4-11(13)16/h1-6H,7,17H2. The molecule has 18 heavy (non-hydrogen) atoms. The summed E-state index contributed by atoms with van der Waals surface area (Å²) >= 11 is 17.1. The normalized spacial score (nSPS) is 10.6. The summed E-state index contributed by atoms with van der Waals surface area (Å²) in [7, 11) is 0. The molecule has 5 heteroatoms. The third-order valence-electron chi connectivity index (χ3n) is 2.38. The average Bonchev–Trinajstić information content (AvgIpc) is 2.32. The van der Waals surface area contributed by atoms with Crippen LogP contribution in [-0.4, -0.2) is 0 Å². The van der Waals surface area contributed by atoms with Gasteiger partial charge in [-0.25, -0.2) is 0 Å². The second-order valence-electron chi connectivity index (χ2n) is 3.71. The lowest BCUT2D eigenvalue weighted by Crippen LogP contribution is -1.92. The fourth-order valence-electron chi connectivity index (χ4n) is 1.44. The minimum absolute atomic E-state index is 0.686. The first-order valence-corrected chi connectivity index (χ1v) is 7.71. The zero-order chi connectivity index (χ0) is 13.1. The smallest absolute Gasteiger partial charge is 0.0543 e. The molecule has 0 amide bonds. The predicted molar refractivity (Wildman–Crippen MR) is 84.6 cm³/mol. The molecule has 0 fully saturated rings. The van der Waals surface area contributed by atoms with E-state index in [9.17, 15) is 0 Å². The number of rotatable bonds is 3. The van der Waals surface area contributed by atoms with Crippen molar-refractivity contribution < 1.29 is 0 Å². The first-order valence-electron chi connectivity index (χ1n) is 5.18. The van der Waals surface area contributed by atoms with Gasteiger partial charge in [-0.3, -0.25) is 0 Å². The molecular weight excluding hydrogens is 353 g/mol. The first-order chi connectivity index (χ1) is 8.56. The van der Waals surface area contributed by atoms with Crippen LogP contribution in [0.5, 0.6) is 0 Å². The van der Waals surface area contributed by atoms with Gasteiger partial charge < -0.3 is 5.73 Å². The van der Waals surface area contributed by atoms with Crippen LogP contribution >= 0.6 is 50.9 Å². The highest BCUT2D eigenvalue weighted by atomic mass is 79.9. The molecule has 0 heterocycles. The Morgan fingerprint density at radius 1 is 1.11 bits per heavy atom. The van der Waals surface area contributed by atoms with Gasteiger partial charge in [0.05, 0.1) is 5.02 Å². The van der Waals surface area contributed by atoms with Crippen LogP contribution in [0.1, 0.15) is 5.56 Å². The Bertz CT molecular complexity index is 575. The Kier molecular flexibility index (Phi) is 4.84. The summed E-state index contributed by atoms with van der Waals surface area (Å²) in [5.41, 5.74) is 7.81. The number of thioether (sulfide) groups is 1. The fourth-order valence-corrected chi connectivity index (χ4v) is 3.33. The van der Waals surface area contributed by atoms with E-state index in [0.29, 0.717) is 10.0 Å². The summed E-state index contributed by atoms with van der Waals surface area (Å²) in [6.45, 7) is 0. The molecule has 0 saturated heterocycles. The zero-order valence-corrected chi connectivity index (χ0v) is 13.2. The summed E-state index contributed by atoms with van der Waals surface area (Å²) < 4.78 is 0.981. The van der Waals surface area contributed by atoms with Crippen LogP contribution in [0.15, 0.2) is 45.8 Å². The molecule has 0 spiro atoms. The van der Waals surface area contributed by atoms with Gasteiger partial charge in [-0.05, 0) is 35.9 Å².